The molecule has 0 saturated heterocycles. The van der Waals surface area contributed by atoms with E-state index in [0.29, 0.717) is 6.42 Å². The number of para-hydroxylation sites is 1. The van der Waals surface area contributed by atoms with Gasteiger partial charge in [-0.2, -0.15) is 0 Å². The molecule has 0 bridgehead atoms. The predicted octanol–water partition coefficient (Wildman–Crippen LogP) is 4.49. The van der Waals surface area contributed by atoms with Gasteiger partial charge < -0.3 is 10.1 Å². The van der Waals surface area contributed by atoms with Crippen LogP contribution in [0, 0.1) is 0 Å². The smallest absolute Gasteiger partial charge is 0.225 e. The van der Waals surface area contributed by atoms with E-state index in [1.807, 2.05) is 35.7 Å². The van der Waals surface area contributed by atoms with E-state index in [1.54, 1.807) is 11.3 Å². The fourth-order valence-corrected chi connectivity index (χ4v) is 3.95. The van der Waals surface area contributed by atoms with Crippen molar-refractivity contribution in [2.24, 2.45) is 0 Å². The SMILES string of the molecule is CCC1(CC)CC(NC(=O)Cc2cccs2)c2ccccc2O1. The molecule has 4 heteroatoms. The van der Waals surface area contributed by atoms with Crippen molar-refractivity contribution in [3.8, 4) is 5.75 Å². The van der Waals surface area contributed by atoms with E-state index in [1.165, 1.54) is 0 Å². The first-order valence-electron chi connectivity index (χ1n) is 8.25. The minimum atomic E-state index is -0.185. The second-order valence-corrected chi connectivity index (χ2v) is 7.14. The highest BCUT2D eigenvalue weighted by atomic mass is 32.1. The Bertz CT molecular complexity index is 662. The minimum absolute atomic E-state index is 0.0207. The van der Waals surface area contributed by atoms with Crippen LogP contribution in [0.3, 0.4) is 0 Å². The molecule has 2 aromatic rings. The van der Waals surface area contributed by atoms with Crippen LogP contribution in [0.4, 0.5) is 0 Å². The fourth-order valence-electron chi connectivity index (χ4n) is 3.25. The number of ether oxygens (including phenoxy) is 1. The van der Waals surface area contributed by atoms with Crippen molar-refractivity contribution in [1.82, 2.24) is 5.32 Å². The average Bonchev–Trinajstić information content (AvgIpc) is 3.07. The molecule has 1 aromatic heterocycles. The number of hydrogen-bond acceptors (Lipinski definition) is 3. The van der Waals surface area contributed by atoms with Gasteiger partial charge in [-0.15, -0.1) is 11.3 Å². The summed E-state index contributed by atoms with van der Waals surface area (Å²) in [5.74, 6) is 0.985. The monoisotopic (exact) mass is 329 g/mol. The first kappa shape index (κ1) is 16.1. The number of nitrogens with one attached hydrogen (secondary N) is 1. The van der Waals surface area contributed by atoms with Crippen molar-refractivity contribution in [3.63, 3.8) is 0 Å². The molecule has 2 heterocycles. The standard InChI is InChI=1S/C19H23NO2S/c1-3-19(4-2)13-16(15-9-5-6-10-17(15)22-19)20-18(21)12-14-8-7-11-23-14/h5-11,16H,3-4,12-13H2,1-2H3,(H,20,21). The van der Waals surface area contributed by atoms with Crippen LogP contribution in [0.25, 0.3) is 0 Å². The number of hydrogen-bond donors (Lipinski definition) is 1. The lowest BCUT2D eigenvalue weighted by Crippen LogP contribution is -2.44. The van der Waals surface area contributed by atoms with Crippen LogP contribution in [-0.2, 0) is 11.2 Å². The summed E-state index contributed by atoms with van der Waals surface area (Å²) in [4.78, 5) is 13.5. The van der Waals surface area contributed by atoms with Crippen molar-refractivity contribution >= 4 is 17.2 Å². The van der Waals surface area contributed by atoms with Crippen molar-refractivity contribution in [3.05, 3.63) is 52.2 Å². The van der Waals surface area contributed by atoms with E-state index in [4.69, 9.17) is 4.74 Å². The molecule has 1 aliphatic heterocycles. The van der Waals surface area contributed by atoms with Gasteiger partial charge in [-0.05, 0) is 30.4 Å². The summed E-state index contributed by atoms with van der Waals surface area (Å²) < 4.78 is 6.29. The zero-order valence-corrected chi connectivity index (χ0v) is 14.5. The molecule has 1 N–H and O–H groups in total. The first-order chi connectivity index (χ1) is 11.2. The fraction of sp³-hybridized carbons (Fsp3) is 0.421. The van der Waals surface area contributed by atoms with E-state index >= 15 is 0 Å². The van der Waals surface area contributed by atoms with Gasteiger partial charge in [0.15, 0.2) is 0 Å². The van der Waals surface area contributed by atoms with Crippen LogP contribution in [0.2, 0.25) is 0 Å². The van der Waals surface area contributed by atoms with Crippen molar-refractivity contribution in [1.29, 1.82) is 0 Å². The number of fused-ring (bicyclic) bond motifs is 1. The number of carbonyl (C=O) groups excluding carboxylic acids is 1. The normalized spacial score (nSPS) is 18.8. The second kappa shape index (κ2) is 6.75. The number of thiophene rings is 1. The summed E-state index contributed by atoms with van der Waals surface area (Å²) in [5.41, 5.74) is 0.902. The third kappa shape index (κ3) is 3.42. The topological polar surface area (TPSA) is 38.3 Å². The zero-order chi connectivity index (χ0) is 16.3. The third-order valence-corrected chi connectivity index (χ3v) is 5.61. The summed E-state index contributed by atoms with van der Waals surface area (Å²) in [6.07, 6.45) is 3.15. The van der Waals surface area contributed by atoms with Gasteiger partial charge in [0.1, 0.15) is 11.4 Å². The Morgan fingerprint density at radius 2 is 2.04 bits per heavy atom. The van der Waals surface area contributed by atoms with Gasteiger partial charge in [0.2, 0.25) is 5.91 Å². The highest BCUT2D eigenvalue weighted by Crippen LogP contribution is 2.42. The maximum absolute atomic E-state index is 12.4. The minimum Gasteiger partial charge on any atom is -0.487 e. The van der Waals surface area contributed by atoms with Crippen LogP contribution in [-0.4, -0.2) is 11.5 Å². The lowest BCUT2D eigenvalue weighted by molar-refractivity contribution is -0.121. The van der Waals surface area contributed by atoms with Crippen LogP contribution < -0.4 is 10.1 Å². The predicted molar refractivity (Wildman–Crippen MR) is 93.9 cm³/mol. The molecule has 0 fully saturated rings. The Balaban J connectivity index is 1.80. The Morgan fingerprint density at radius 3 is 2.74 bits per heavy atom. The second-order valence-electron chi connectivity index (χ2n) is 6.11. The Labute approximate surface area is 141 Å². The van der Waals surface area contributed by atoms with E-state index in [0.717, 1.165) is 35.5 Å². The van der Waals surface area contributed by atoms with Gasteiger partial charge in [-0.25, -0.2) is 0 Å². The van der Waals surface area contributed by atoms with Gasteiger partial charge in [0, 0.05) is 16.9 Å². The lowest BCUT2D eigenvalue weighted by Gasteiger charge is -2.41. The average molecular weight is 329 g/mol. The Kier molecular flexibility index (Phi) is 4.71. The van der Waals surface area contributed by atoms with Crippen LogP contribution in [0.5, 0.6) is 5.75 Å². The van der Waals surface area contributed by atoms with E-state index in [2.05, 4.69) is 25.2 Å². The summed E-state index contributed by atoms with van der Waals surface area (Å²) >= 11 is 1.62. The molecule has 1 aliphatic rings. The molecule has 0 radical (unpaired) electrons. The molecule has 0 saturated carbocycles. The van der Waals surface area contributed by atoms with Gasteiger partial charge in [-0.1, -0.05) is 38.1 Å². The van der Waals surface area contributed by atoms with E-state index in [-0.39, 0.29) is 17.6 Å². The summed E-state index contributed by atoms with van der Waals surface area (Å²) in [6.45, 7) is 4.31. The molecule has 1 unspecified atom stereocenters. The molecular weight excluding hydrogens is 306 g/mol. The summed E-state index contributed by atoms with van der Waals surface area (Å²) in [6, 6.07) is 12.1. The number of carbonyl (C=O) groups is 1. The van der Waals surface area contributed by atoms with Gasteiger partial charge in [-0.3, -0.25) is 4.79 Å². The van der Waals surface area contributed by atoms with Gasteiger partial charge in [0.05, 0.1) is 12.5 Å². The molecule has 3 nitrogen and oxygen atoms in total. The summed E-state index contributed by atoms with van der Waals surface area (Å²) in [7, 11) is 0. The largest absolute Gasteiger partial charge is 0.487 e. The van der Waals surface area contributed by atoms with Crippen LogP contribution in [0.1, 0.15) is 49.6 Å². The number of rotatable bonds is 5. The first-order valence-corrected chi connectivity index (χ1v) is 9.13. The Morgan fingerprint density at radius 1 is 1.26 bits per heavy atom. The molecular formula is C19H23NO2S. The quantitative estimate of drug-likeness (QED) is 0.878. The van der Waals surface area contributed by atoms with Crippen molar-refractivity contribution in [2.45, 2.75) is 51.2 Å². The van der Waals surface area contributed by atoms with Crippen LogP contribution >= 0.6 is 11.3 Å². The zero-order valence-electron chi connectivity index (χ0n) is 13.7. The highest BCUT2D eigenvalue weighted by Gasteiger charge is 2.38. The Hall–Kier alpha value is -1.81. The molecule has 0 aliphatic carbocycles. The molecule has 1 atom stereocenters. The van der Waals surface area contributed by atoms with Gasteiger partial charge >= 0.3 is 0 Å². The number of benzene rings is 1. The molecule has 1 amide bonds. The number of amides is 1. The molecule has 122 valence electrons. The van der Waals surface area contributed by atoms with Crippen molar-refractivity contribution in [2.75, 3.05) is 0 Å². The molecule has 0 spiro atoms. The van der Waals surface area contributed by atoms with Crippen molar-refractivity contribution < 1.29 is 9.53 Å². The maximum atomic E-state index is 12.4. The molecule has 23 heavy (non-hydrogen) atoms. The van der Waals surface area contributed by atoms with Crippen LogP contribution in [0.15, 0.2) is 41.8 Å². The third-order valence-electron chi connectivity index (χ3n) is 4.74. The maximum Gasteiger partial charge on any atom is 0.225 e. The van der Waals surface area contributed by atoms with Gasteiger partial charge in [0.25, 0.3) is 0 Å². The molecule has 3 rings (SSSR count). The summed E-state index contributed by atoms with van der Waals surface area (Å²) in [5, 5.41) is 5.23. The molecule has 1 aromatic carbocycles. The van der Waals surface area contributed by atoms with E-state index in [9.17, 15) is 4.79 Å². The van der Waals surface area contributed by atoms with E-state index < -0.39 is 0 Å². The lowest BCUT2D eigenvalue weighted by atomic mass is 9.83. The highest BCUT2D eigenvalue weighted by molar-refractivity contribution is 7.10.